The molecule has 0 aliphatic rings. The second-order valence-corrected chi connectivity index (χ2v) is 6.64. The maximum atomic E-state index is 5.97. The lowest BCUT2D eigenvalue weighted by molar-refractivity contribution is 0.414. The van der Waals surface area contributed by atoms with Crippen molar-refractivity contribution in [3.05, 3.63) is 59.8 Å². The molecule has 6 nitrogen and oxygen atoms in total. The van der Waals surface area contributed by atoms with Gasteiger partial charge in [0.1, 0.15) is 16.8 Å². The summed E-state index contributed by atoms with van der Waals surface area (Å²) in [5.74, 6) is 0.807. The molecule has 0 atom stereocenters. The van der Waals surface area contributed by atoms with Crippen LogP contribution < -0.4 is 4.74 Å². The van der Waals surface area contributed by atoms with Crippen molar-refractivity contribution in [2.45, 2.75) is 9.92 Å². The van der Waals surface area contributed by atoms with Gasteiger partial charge in [-0.3, -0.25) is 0 Å². The highest BCUT2D eigenvalue weighted by atomic mass is 35.5. The van der Waals surface area contributed by atoms with E-state index in [4.69, 9.17) is 16.3 Å². The molecule has 0 saturated carbocycles. The summed E-state index contributed by atoms with van der Waals surface area (Å²) in [6.07, 6.45) is 1.60. The van der Waals surface area contributed by atoms with Crippen molar-refractivity contribution in [1.29, 1.82) is 0 Å². The minimum Gasteiger partial charge on any atom is -0.497 e. The lowest BCUT2D eigenvalue weighted by atomic mass is 10.3. The first kappa shape index (κ1) is 15.9. The Hall–Kier alpha value is -2.64. The first-order chi connectivity index (χ1) is 12.2. The normalized spacial score (nSPS) is 11.0. The molecule has 4 rings (SSSR count). The van der Waals surface area contributed by atoms with E-state index in [9.17, 15) is 0 Å². The van der Waals surface area contributed by atoms with Crippen LogP contribution in [0.15, 0.2) is 64.6 Å². The Morgan fingerprint density at radius 1 is 1.00 bits per heavy atom. The number of methoxy groups -OCH3 is 1. The monoisotopic (exact) mass is 369 g/mol. The zero-order valence-corrected chi connectivity index (χ0v) is 14.7. The van der Waals surface area contributed by atoms with Crippen LogP contribution in [-0.2, 0) is 0 Å². The largest absolute Gasteiger partial charge is 0.497 e. The van der Waals surface area contributed by atoms with Crippen molar-refractivity contribution in [3.8, 4) is 11.4 Å². The van der Waals surface area contributed by atoms with Crippen molar-refractivity contribution in [1.82, 2.24) is 25.2 Å². The van der Waals surface area contributed by atoms with E-state index in [1.807, 2.05) is 48.5 Å². The van der Waals surface area contributed by atoms with Crippen LogP contribution in [0.4, 0.5) is 0 Å². The van der Waals surface area contributed by atoms with Gasteiger partial charge in [0.15, 0.2) is 5.03 Å². The zero-order chi connectivity index (χ0) is 17.2. The molecule has 0 saturated heterocycles. The molecule has 8 heteroatoms. The Morgan fingerprint density at radius 3 is 2.48 bits per heavy atom. The standard InChI is InChI=1S/C17H12ClN5OS/c1-24-13-6-8-14(9-7-13)25-17-16-15(10-19-21-17)20-22-23(16)12-4-2-11(18)3-5-12/h2-10H,1H3. The lowest BCUT2D eigenvalue weighted by Crippen LogP contribution is -1.98. The molecule has 2 heterocycles. The van der Waals surface area contributed by atoms with Crippen molar-refractivity contribution in [2.24, 2.45) is 0 Å². The fourth-order valence-corrected chi connectivity index (χ4v) is 3.35. The predicted molar refractivity (Wildman–Crippen MR) is 96.6 cm³/mol. The number of benzene rings is 2. The van der Waals surface area contributed by atoms with Crippen molar-refractivity contribution in [2.75, 3.05) is 7.11 Å². The molecular formula is C17H12ClN5OS. The smallest absolute Gasteiger partial charge is 0.152 e. The summed E-state index contributed by atoms with van der Waals surface area (Å²) < 4.78 is 6.93. The van der Waals surface area contributed by atoms with E-state index in [1.165, 1.54) is 11.8 Å². The molecule has 0 bridgehead atoms. The summed E-state index contributed by atoms with van der Waals surface area (Å²) in [5, 5.41) is 18.1. The average Bonchev–Trinajstić information content (AvgIpc) is 3.08. The quantitative estimate of drug-likeness (QED) is 0.541. The van der Waals surface area contributed by atoms with Crippen LogP contribution >= 0.6 is 23.4 Å². The molecule has 2 aromatic carbocycles. The highest BCUT2D eigenvalue weighted by molar-refractivity contribution is 7.99. The molecular weight excluding hydrogens is 358 g/mol. The van der Waals surface area contributed by atoms with Crippen LogP contribution in [-0.4, -0.2) is 32.3 Å². The molecule has 25 heavy (non-hydrogen) atoms. The van der Waals surface area contributed by atoms with Gasteiger partial charge in [0.25, 0.3) is 0 Å². The van der Waals surface area contributed by atoms with Crippen LogP contribution in [0.25, 0.3) is 16.7 Å². The molecule has 4 aromatic rings. The maximum absolute atomic E-state index is 5.97. The van der Waals surface area contributed by atoms with Gasteiger partial charge in [-0.25, -0.2) is 4.68 Å². The molecule has 0 aliphatic carbocycles. The first-order valence-corrected chi connectivity index (χ1v) is 8.59. The highest BCUT2D eigenvalue weighted by Gasteiger charge is 2.14. The molecule has 0 N–H and O–H groups in total. The number of aromatic nitrogens is 5. The number of ether oxygens (including phenoxy) is 1. The van der Waals surface area contributed by atoms with E-state index in [0.29, 0.717) is 10.5 Å². The number of halogens is 1. The molecule has 124 valence electrons. The Balaban J connectivity index is 1.78. The van der Waals surface area contributed by atoms with E-state index < -0.39 is 0 Å². The fraction of sp³-hybridized carbons (Fsp3) is 0.0588. The minimum atomic E-state index is 0.667. The number of nitrogens with zero attached hydrogens (tertiary/aromatic N) is 5. The second-order valence-electron chi connectivity index (χ2n) is 5.14. The number of rotatable bonds is 4. The Labute approximate surface area is 152 Å². The number of hydrogen-bond acceptors (Lipinski definition) is 6. The Bertz CT molecular complexity index is 1020. The average molecular weight is 370 g/mol. The third-order valence-corrected chi connectivity index (χ3v) is 4.80. The molecule has 2 aromatic heterocycles. The molecule has 0 fully saturated rings. The minimum absolute atomic E-state index is 0.667. The second kappa shape index (κ2) is 6.70. The van der Waals surface area contributed by atoms with Gasteiger partial charge < -0.3 is 4.74 Å². The van der Waals surface area contributed by atoms with E-state index in [-0.39, 0.29) is 0 Å². The van der Waals surface area contributed by atoms with Gasteiger partial charge in [0.2, 0.25) is 0 Å². The highest BCUT2D eigenvalue weighted by Crippen LogP contribution is 2.32. The van der Waals surface area contributed by atoms with Gasteiger partial charge in [0.05, 0.1) is 19.0 Å². The van der Waals surface area contributed by atoms with Crippen LogP contribution in [0.1, 0.15) is 0 Å². The van der Waals surface area contributed by atoms with Gasteiger partial charge >= 0.3 is 0 Å². The Kier molecular flexibility index (Phi) is 4.25. The molecule has 0 radical (unpaired) electrons. The van der Waals surface area contributed by atoms with Crippen LogP contribution in [0, 0.1) is 0 Å². The third-order valence-electron chi connectivity index (χ3n) is 3.57. The lowest BCUT2D eigenvalue weighted by Gasteiger charge is -2.06. The molecule has 0 spiro atoms. The van der Waals surface area contributed by atoms with E-state index in [0.717, 1.165) is 26.9 Å². The molecule has 0 unspecified atom stereocenters. The SMILES string of the molecule is COc1ccc(Sc2nncc3nnn(-c4ccc(Cl)cc4)c23)cc1. The summed E-state index contributed by atoms with van der Waals surface area (Å²) in [6, 6.07) is 15.2. The molecule has 0 aliphatic heterocycles. The topological polar surface area (TPSA) is 65.7 Å². The number of hydrogen-bond donors (Lipinski definition) is 0. The van der Waals surface area contributed by atoms with Crippen molar-refractivity contribution >= 4 is 34.4 Å². The van der Waals surface area contributed by atoms with Gasteiger partial charge in [-0.05, 0) is 48.5 Å². The van der Waals surface area contributed by atoms with Crippen LogP contribution in [0.5, 0.6) is 5.75 Å². The van der Waals surface area contributed by atoms with Gasteiger partial charge in [-0.2, -0.15) is 5.10 Å². The third kappa shape index (κ3) is 3.16. The summed E-state index contributed by atoms with van der Waals surface area (Å²) >= 11 is 7.47. The van der Waals surface area contributed by atoms with E-state index >= 15 is 0 Å². The molecule has 0 amide bonds. The van der Waals surface area contributed by atoms with Crippen molar-refractivity contribution < 1.29 is 4.74 Å². The summed E-state index contributed by atoms with van der Waals surface area (Å²) in [6.45, 7) is 0. The van der Waals surface area contributed by atoms with Crippen molar-refractivity contribution in [3.63, 3.8) is 0 Å². The Morgan fingerprint density at radius 2 is 1.76 bits per heavy atom. The maximum Gasteiger partial charge on any atom is 0.152 e. The van der Waals surface area contributed by atoms with Crippen LogP contribution in [0.2, 0.25) is 5.02 Å². The van der Waals surface area contributed by atoms with Gasteiger partial charge in [0, 0.05) is 9.92 Å². The summed E-state index contributed by atoms with van der Waals surface area (Å²) in [7, 11) is 1.64. The van der Waals surface area contributed by atoms with Gasteiger partial charge in [-0.15, -0.1) is 10.2 Å². The first-order valence-electron chi connectivity index (χ1n) is 7.39. The van der Waals surface area contributed by atoms with E-state index in [2.05, 4.69) is 20.5 Å². The van der Waals surface area contributed by atoms with Crippen LogP contribution in [0.3, 0.4) is 0 Å². The fourth-order valence-electron chi connectivity index (χ4n) is 2.35. The summed E-state index contributed by atoms with van der Waals surface area (Å²) in [4.78, 5) is 1.02. The number of fused-ring (bicyclic) bond motifs is 1. The zero-order valence-electron chi connectivity index (χ0n) is 13.1. The van der Waals surface area contributed by atoms with E-state index in [1.54, 1.807) is 18.0 Å². The summed E-state index contributed by atoms with van der Waals surface area (Å²) in [5.41, 5.74) is 2.34. The predicted octanol–water partition coefficient (Wildman–Crippen LogP) is 4.02. The van der Waals surface area contributed by atoms with Gasteiger partial charge in [-0.1, -0.05) is 28.6 Å².